The van der Waals surface area contributed by atoms with Crippen molar-refractivity contribution >= 4 is 17.7 Å². The van der Waals surface area contributed by atoms with Crippen LogP contribution in [0.4, 0.5) is 0 Å². The number of benzene rings is 1. The fourth-order valence-electron chi connectivity index (χ4n) is 1.67. The number of aromatic nitrogens is 1. The Hall–Kier alpha value is -1.09. The first-order chi connectivity index (χ1) is 7.57. The van der Waals surface area contributed by atoms with Crippen molar-refractivity contribution in [1.82, 2.24) is 4.98 Å². The van der Waals surface area contributed by atoms with Crippen molar-refractivity contribution in [2.24, 2.45) is 0 Å². The van der Waals surface area contributed by atoms with Crippen LogP contribution in [0, 0.1) is 0 Å². The normalized spacial score (nSPS) is 11.4. The average molecular weight is 272 g/mol. The summed E-state index contributed by atoms with van der Waals surface area (Å²) in [4.78, 5) is 4.36. The quantitative estimate of drug-likeness (QED) is 0.764. The molecule has 2 aromatic rings. The van der Waals surface area contributed by atoms with Gasteiger partial charge in [0.25, 0.3) is 0 Å². The molecule has 1 aromatic carbocycles. The Morgan fingerprint density at radius 3 is 2.06 bits per heavy atom. The Bertz CT molecular complexity index is 454. The average Bonchev–Trinajstić information content (AvgIpc) is 2.29. The first-order valence-corrected chi connectivity index (χ1v) is 12.9. The van der Waals surface area contributed by atoms with Gasteiger partial charge in [0.15, 0.2) is 0 Å². The molecule has 0 fully saturated rings. The van der Waals surface area contributed by atoms with Gasteiger partial charge in [-0.1, -0.05) is 0 Å². The zero-order valence-corrected chi connectivity index (χ0v) is 12.2. The van der Waals surface area contributed by atoms with E-state index in [-0.39, 0.29) is 0 Å². The molecule has 82 valence electrons. The number of hydrogen-bond acceptors (Lipinski definition) is 1. The molecule has 2 heteroatoms. The number of nitrogens with zero attached hydrogens (tertiary/aromatic N) is 1. The van der Waals surface area contributed by atoms with Gasteiger partial charge in [0.1, 0.15) is 0 Å². The zero-order valence-electron chi connectivity index (χ0n) is 10.1. The van der Waals surface area contributed by atoms with Crippen LogP contribution in [0.15, 0.2) is 48.7 Å². The van der Waals surface area contributed by atoms with E-state index in [0.717, 1.165) is 5.69 Å². The monoisotopic (exact) mass is 273 g/mol. The van der Waals surface area contributed by atoms with Crippen molar-refractivity contribution in [2.45, 2.75) is 17.3 Å². The molecule has 1 aromatic heterocycles. The van der Waals surface area contributed by atoms with E-state index in [1.54, 1.807) is 4.40 Å². The van der Waals surface area contributed by atoms with E-state index in [0.29, 0.717) is 0 Å². The van der Waals surface area contributed by atoms with Crippen molar-refractivity contribution in [3.63, 3.8) is 0 Å². The summed E-state index contributed by atoms with van der Waals surface area (Å²) < 4.78 is 1.54. The summed E-state index contributed by atoms with van der Waals surface area (Å²) in [5.74, 6) is 7.24. The first-order valence-electron chi connectivity index (χ1n) is 5.59. The van der Waals surface area contributed by atoms with Crippen LogP contribution in [0.3, 0.4) is 0 Å². The molecule has 0 amide bonds. The van der Waals surface area contributed by atoms with Crippen LogP contribution < -0.4 is 4.40 Å². The van der Waals surface area contributed by atoms with E-state index in [4.69, 9.17) is 0 Å². The molecular formula is C14H17GeN. The van der Waals surface area contributed by atoms with Crippen LogP contribution in [-0.2, 0) is 0 Å². The van der Waals surface area contributed by atoms with Gasteiger partial charge in [0, 0.05) is 0 Å². The Labute approximate surface area is 99.9 Å². The predicted octanol–water partition coefficient (Wildman–Crippen LogP) is 3.29. The van der Waals surface area contributed by atoms with Crippen molar-refractivity contribution < 1.29 is 0 Å². The third-order valence-electron chi connectivity index (χ3n) is 2.71. The molecule has 1 nitrogen and oxygen atoms in total. The third kappa shape index (κ3) is 2.53. The molecule has 0 unspecified atom stereocenters. The number of rotatable bonds is 2. The number of hydrogen-bond donors (Lipinski definition) is 0. The zero-order chi connectivity index (χ0) is 11.6. The summed E-state index contributed by atoms with van der Waals surface area (Å²) in [5.41, 5.74) is 2.26. The van der Waals surface area contributed by atoms with Gasteiger partial charge in [-0.05, 0) is 0 Å². The molecule has 2 rings (SSSR count). The molecule has 0 atom stereocenters. The maximum atomic E-state index is 4.36. The van der Waals surface area contributed by atoms with Gasteiger partial charge in [-0.3, -0.25) is 0 Å². The van der Waals surface area contributed by atoms with E-state index < -0.39 is 13.3 Å². The van der Waals surface area contributed by atoms with Crippen LogP contribution in [0.5, 0.6) is 0 Å². The predicted molar refractivity (Wildman–Crippen MR) is 72.7 cm³/mol. The molecule has 0 spiro atoms. The molecule has 0 bridgehead atoms. The summed E-state index contributed by atoms with van der Waals surface area (Å²) in [6.45, 7) is 0. The van der Waals surface area contributed by atoms with Crippen LogP contribution in [0.1, 0.15) is 0 Å². The molecule has 0 aliphatic rings. The molecule has 1 heterocycles. The first kappa shape index (κ1) is 11.4. The molecule has 0 N–H and O–H groups in total. The maximum absolute atomic E-state index is 4.36. The van der Waals surface area contributed by atoms with E-state index in [9.17, 15) is 0 Å². The number of pyridine rings is 1. The van der Waals surface area contributed by atoms with Gasteiger partial charge in [-0.25, -0.2) is 0 Å². The van der Waals surface area contributed by atoms with Crippen LogP contribution in [-0.4, -0.2) is 18.3 Å². The van der Waals surface area contributed by atoms with Gasteiger partial charge in [0.05, 0.1) is 0 Å². The van der Waals surface area contributed by atoms with Crippen molar-refractivity contribution in [1.29, 1.82) is 0 Å². The Balaban J connectivity index is 2.34. The second-order valence-electron chi connectivity index (χ2n) is 5.04. The summed E-state index contributed by atoms with van der Waals surface area (Å²) >= 11 is -1.66. The molecule has 16 heavy (non-hydrogen) atoms. The topological polar surface area (TPSA) is 12.9 Å². The molecular weight excluding hydrogens is 255 g/mol. The van der Waals surface area contributed by atoms with Gasteiger partial charge >= 0.3 is 99.8 Å². The molecule has 0 aliphatic heterocycles. The van der Waals surface area contributed by atoms with E-state index in [1.807, 2.05) is 24.4 Å². The Morgan fingerprint density at radius 1 is 0.875 bits per heavy atom. The van der Waals surface area contributed by atoms with E-state index in [1.165, 1.54) is 5.56 Å². The minimum absolute atomic E-state index is 1.05. The fraction of sp³-hybridized carbons (Fsp3) is 0.214. The van der Waals surface area contributed by atoms with Crippen molar-refractivity contribution in [3.05, 3.63) is 48.7 Å². The van der Waals surface area contributed by atoms with Gasteiger partial charge in [-0.15, -0.1) is 0 Å². The van der Waals surface area contributed by atoms with Crippen LogP contribution >= 0.6 is 0 Å². The Kier molecular flexibility index (Phi) is 3.15. The van der Waals surface area contributed by atoms with Crippen LogP contribution in [0.25, 0.3) is 11.3 Å². The van der Waals surface area contributed by atoms with Gasteiger partial charge < -0.3 is 0 Å². The summed E-state index contributed by atoms with van der Waals surface area (Å²) in [6.07, 6.45) is 1.84. The third-order valence-corrected chi connectivity index (χ3v) is 7.04. The summed E-state index contributed by atoms with van der Waals surface area (Å²) in [6, 6.07) is 14.9. The van der Waals surface area contributed by atoms with Crippen molar-refractivity contribution in [2.75, 3.05) is 0 Å². The summed E-state index contributed by atoms with van der Waals surface area (Å²) in [5, 5.41) is 0. The molecule has 0 radical (unpaired) electrons. The van der Waals surface area contributed by atoms with Crippen LogP contribution in [0.2, 0.25) is 17.3 Å². The fourth-order valence-corrected chi connectivity index (χ4v) is 4.12. The van der Waals surface area contributed by atoms with E-state index in [2.05, 4.69) is 46.5 Å². The second-order valence-corrected chi connectivity index (χ2v) is 15.7. The van der Waals surface area contributed by atoms with Crippen molar-refractivity contribution in [3.8, 4) is 11.3 Å². The standard InChI is InChI=1S/C14H17GeN/c1-15(2,3)13-9-7-12(8-10-13)14-6-4-5-11-16-14/h4-11H,1-3H3. The van der Waals surface area contributed by atoms with E-state index >= 15 is 0 Å². The minimum atomic E-state index is -1.66. The molecule has 0 aliphatic carbocycles. The van der Waals surface area contributed by atoms with Gasteiger partial charge in [-0.2, -0.15) is 0 Å². The Morgan fingerprint density at radius 2 is 1.56 bits per heavy atom. The molecule has 0 saturated heterocycles. The SMILES string of the molecule is [CH3][Ge]([CH3])([CH3])[c]1ccc(-c2ccccn2)cc1. The summed E-state index contributed by atoms with van der Waals surface area (Å²) in [7, 11) is 0. The van der Waals surface area contributed by atoms with Gasteiger partial charge in [0.2, 0.25) is 0 Å². The second kappa shape index (κ2) is 4.42. The molecule has 0 saturated carbocycles.